The van der Waals surface area contributed by atoms with E-state index in [1.165, 1.54) is 4.90 Å². The molecule has 1 aromatic rings. The molecule has 1 atom stereocenters. The van der Waals surface area contributed by atoms with Gasteiger partial charge in [0.05, 0.1) is 6.61 Å². The number of amides is 1. The Bertz CT molecular complexity index is 614. The summed E-state index contributed by atoms with van der Waals surface area (Å²) < 4.78 is 34.7. The van der Waals surface area contributed by atoms with E-state index >= 15 is 0 Å². The third-order valence-corrected chi connectivity index (χ3v) is 4.35. The van der Waals surface area contributed by atoms with Gasteiger partial charge in [-0.3, -0.25) is 4.79 Å². The summed E-state index contributed by atoms with van der Waals surface area (Å²) in [6.07, 6.45) is -0.346. The fourth-order valence-corrected chi connectivity index (χ4v) is 2.81. The minimum atomic E-state index is -4.72. The average Bonchev–Trinajstić information content (AvgIpc) is 2.72. The molecule has 19 heavy (non-hydrogen) atoms. The van der Waals surface area contributed by atoms with Gasteiger partial charge in [0.15, 0.2) is 0 Å². The normalized spacial score (nSPS) is 20.1. The Kier molecular flexibility index (Phi) is 3.60. The van der Waals surface area contributed by atoms with Crippen LogP contribution in [0.2, 0.25) is 0 Å². The molecule has 1 aliphatic heterocycles. The number of benzene rings is 1. The van der Waals surface area contributed by atoms with E-state index < -0.39 is 21.4 Å². The third-order valence-electron chi connectivity index (χ3n) is 3.23. The smallest absolute Gasteiger partial charge is 0.307 e. The lowest BCUT2D eigenvalue weighted by Crippen LogP contribution is -2.27. The van der Waals surface area contributed by atoms with Crippen molar-refractivity contribution in [2.24, 2.45) is 0 Å². The number of rotatable bonds is 3. The van der Waals surface area contributed by atoms with Gasteiger partial charge in [-0.05, 0) is 24.1 Å². The quantitative estimate of drug-likeness (QED) is 0.838. The molecule has 2 rings (SSSR count). The summed E-state index contributed by atoms with van der Waals surface area (Å²) >= 11 is 0. The van der Waals surface area contributed by atoms with Crippen LogP contribution >= 0.6 is 0 Å². The predicted octanol–water partition coefficient (Wildman–Crippen LogP) is 0.892. The van der Waals surface area contributed by atoms with Crippen molar-refractivity contribution in [1.29, 1.82) is 0 Å². The van der Waals surface area contributed by atoms with Gasteiger partial charge in [0, 0.05) is 18.7 Å². The summed E-state index contributed by atoms with van der Waals surface area (Å²) in [5.74, 6) is -0.426. The van der Waals surface area contributed by atoms with Crippen LogP contribution in [-0.4, -0.2) is 31.2 Å². The maximum atomic E-state index is 13.0. The zero-order valence-electron chi connectivity index (χ0n) is 10.3. The van der Waals surface area contributed by atoms with Crippen LogP contribution in [0.25, 0.3) is 0 Å². The van der Waals surface area contributed by atoms with Crippen LogP contribution in [0.4, 0.5) is 9.57 Å². The first-order valence-electron chi connectivity index (χ1n) is 5.77. The van der Waals surface area contributed by atoms with Crippen molar-refractivity contribution in [2.75, 3.05) is 11.4 Å². The molecule has 0 aromatic heterocycles. The Morgan fingerprint density at radius 1 is 1.47 bits per heavy atom. The number of carbonyl (C=O) groups is 1. The molecular formula is C12H14FNO4S. The van der Waals surface area contributed by atoms with Crippen molar-refractivity contribution in [3.05, 3.63) is 29.3 Å². The third kappa shape index (κ3) is 2.76. The molecule has 1 unspecified atom stereocenters. The minimum absolute atomic E-state index is 0.180. The number of hydrogen-bond acceptors (Lipinski definition) is 4. The summed E-state index contributed by atoms with van der Waals surface area (Å²) in [6.45, 7) is 1.40. The molecule has 0 radical (unpaired) electrons. The lowest BCUT2D eigenvalue weighted by Gasteiger charge is -2.19. The van der Waals surface area contributed by atoms with E-state index in [2.05, 4.69) is 0 Å². The SMILES string of the molecule is Cc1ccc(CO)cc1N1CC(S(=O)(=O)F)CC1=O. The van der Waals surface area contributed by atoms with Gasteiger partial charge in [0.2, 0.25) is 5.91 Å². The molecule has 1 saturated heterocycles. The Hall–Kier alpha value is -1.47. The molecular weight excluding hydrogens is 273 g/mol. The number of carbonyl (C=O) groups excluding carboxylic acids is 1. The first kappa shape index (κ1) is 14.0. The van der Waals surface area contributed by atoms with Crippen molar-refractivity contribution in [2.45, 2.75) is 25.2 Å². The van der Waals surface area contributed by atoms with Crippen molar-refractivity contribution in [3.63, 3.8) is 0 Å². The van der Waals surface area contributed by atoms with Gasteiger partial charge in [-0.2, -0.15) is 8.42 Å². The second kappa shape index (κ2) is 4.90. The predicted molar refractivity (Wildman–Crippen MR) is 67.9 cm³/mol. The largest absolute Gasteiger partial charge is 0.392 e. The molecule has 5 nitrogen and oxygen atoms in total. The molecule has 0 spiro atoms. The van der Waals surface area contributed by atoms with Crippen molar-refractivity contribution < 1.29 is 22.2 Å². The van der Waals surface area contributed by atoms with Gasteiger partial charge in [0.25, 0.3) is 0 Å². The molecule has 0 aliphatic carbocycles. The zero-order chi connectivity index (χ0) is 14.2. The van der Waals surface area contributed by atoms with Gasteiger partial charge >= 0.3 is 10.2 Å². The Labute approximate surface area is 110 Å². The summed E-state index contributed by atoms with van der Waals surface area (Å²) in [5.41, 5.74) is 1.89. The molecule has 1 aliphatic rings. The molecule has 1 aromatic carbocycles. The van der Waals surface area contributed by atoms with E-state index in [1.807, 2.05) is 0 Å². The second-order valence-electron chi connectivity index (χ2n) is 4.58. The van der Waals surface area contributed by atoms with Gasteiger partial charge in [-0.1, -0.05) is 12.1 Å². The van der Waals surface area contributed by atoms with Crippen LogP contribution in [0.15, 0.2) is 18.2 Å². The zero-order valence-corrected chi connectivity index (χ0v) is 11.2. The second-order valence-corrected chi connectivity index (χ2v) is 6.20. The highest BCUT2D eigenvalue weighted by molar-refractivity contribution is 7.87. The molecule has 0 bridgehead atoms. The Morgan fingerprint density at radius 3 is 2.68 bits per heavy atom. The number of nitrogens with zero attached hydrogens (tertiary/aromatic N) is 1. The minimum Gasteiger partial charge on any atom is -0.392 e. The van der Waals surface area contributed by atoms with Crippen LogP contribution in [0, 0.1) is 6.92 Å². The Morgan fingerprint density at radius 2 is 2.16 bits per heavy atom. The van der Waals surface area contributed by atoms with E-state index in [-0.39, 0.29) is 19.6 Å². The van der Waals surface area contributed by atoms with Crippen LogP contribution in [0.3, 0.4) is 0 Å². The molecule has 7 heteroatoms. The molecule has 0 saturated carbocycles. The topological polar surface area (TPSA) is 74.7 Å². The van der Waals surface area contributed by atoms with Crippen LogP contribution < -0.4 is 4.90 Å². The molecule has 1 heterocycles. The maximum Gasteiger partial charge on any atom is 0.307 e. The average molecular weight is 287 g/mol. The highest BCUT2D eigenvalue weighted by Gasteiger charge is 2.39. The van der Waals surface area contributed by atoms with E-state index in [0.29, 0.717) is 11.3 Å². The molecule has 104 valence electrons. The number of halogens is 1. The van der Waals surface area contributed by atoms with Crippen LogP contribution in [-0.2, 0) is 21.6 Å². The molecule has 1 amide bonds. The van der Waals surface area contributed by atoms with Crippen molar-refractivity contribution in [3.8, 4) is 0 Å². The summed E-state index contributed by atoms with van der Waals surface area (Å²) in [4.78, 5) is 13.1. The number of aliphatic hydroxyl groups is 1. The van der Waals surface area contributed by atoms with E-state index in [0.717, 1.165) is 5.56 Å². The van der Waals surface area contributed by atoms with Crippen molar-refractivity contribution in [1.82, 2.24) is 0 Å². The summed E-state index contributed by atoms with van der Waals surface area (Å²) in [5, 5.41) is 7.78. The van der Waals surface area contributed by atoms with E-state index in [1.54, 1.807) is 25.1 Å². The first-order valence-corrected chi connectivity index (χ1v) is 7.22. The molecule has 1 fully saturated rings. The number of aliphatic hydroxyl groups excluding tert-OH is 1. The van der Waals surface area contributed by atoms with Gasteiger partial charge in [0.1, 0.15) is 5.25 Å². The number of aryl methyl sites for hydroxylation is 1. The first-order chi connectivity index (χ1) is 8.82. The lowest BCUT2D eigenvalue weighted by molar-refractivity contribution is -0.117. The van der Waals surface area contributed by atoms with Crippen LogP contribution in [0.5, 0.6) is 0 Å². The Balaban J connectivity index is 2.35. The van der Waals surface area contributed by atoms with Gasteiger partial charge < -0.3 is 10.0 Å². The fraction of sp³-hybridized carbons (Fsp3) is 0.417. The van der Waals surface area contributed by atoms with Crippen molar-refractivity contribution >= 4 is 21.8 Å². The van der Waals surface area contributed by atoms with E-state index in [4.69, 9.17) is 5.11 Å². The number of anilines is 1. The monoisotopic (exact) mass is 287 g/mol. The number of hydrogen-bond donors (Lipinski definition) is 1. The lowest BCUT2D eigenvalue weighted by atomic mass is 10.1. The highest BCUT2D eigenvalue weighted by atomic mass is 32.3. The maximum absolute atomic E-state index is 13.0. The van der Waals surface area contributed by atoms with Crippen LogP contribution in [0.1, 0.15) is 17.5 Å². The van der Waals surface area contributed by atoms with E-state index in [9.17, 15) is 17.1 Å². The van der Waals surface area contributed by atoms with Gasteiger partial charge in [-0.25, -0.2) is 0 Å². The highest BCUT2D eigenvalue weighted by Crippen LogP contribution is 2.29. The molecule has 1 N–H and O–H groups in total. The summed E-state index contributed by atoms with van der Waals surface area (Å²) in [7, 11) is -4.72. The summed E-state index contributed by atoms with van der Waals surface area (Å²) in [6, 6.07) is 5.05. The standard InChI is InChI=1S/C12H14FNO4S/c1-8-2-3-9(7-15)4-11(8)14-6-10(5-12(14)16)19(13,17)18/h2-4,10,15H,5-7H2,1H3. The van der Waals surface area contributed by atoms with Gasteiger partial charge in [-0.15, -0.1) is 3.89 Å². The fourth-order valence-electron chi connectivity index (χ4n) is 2.14.